The van der Waals surface area contributed by atoms with Gasteiger partial charge >= 0.3 is 5.69 Å². The largest absolute Gasteiger partial charge is 0.379 e. The van der Waals surface area contributed by atoms with Gasteiger partial charge in [0.25, 0.3) is 5.56 Å². The molecule has 0 radical (unpaired) electrons. The summed E-state index contributed by atoms with van der Waals surface area (Å²) in [5.41, 5.74) is -0.781. The Morgan fingerprint density at radius 2 is 1.96 bits per heavy atom. The van der Waals surface area contributed by atoms with E-state index in [1.165, 1.54) is 15.1 Å². The average molecular weight is 412 g/mol. The predicted molar refractivity (Wildman–Crippen MR) is 99.4 cm³/mol. The molecule has 0 spiro atoms. The lowest BCUT2D eigenvalue weighted by Crippen LogP contribution is -2.49. The van der Waals surface area contributed by atoms with Crippen molar-refractivity contribution in [2.75, 3.05) is 32.8 Å². The zero-order valence-corrected chi connectivity index (χ0v) is 16.5. The number of fused-ring (bicyclic) bond motifs is 3. The Labute approximate surface area is 162 Å². The SMILES string of the molecule is Cc1cn(CC(=O)N2C[C@H]3COC[C@@H]2CN(S(=O)(=O)C2CC2)C3)c(=O)[nH]c1=O. The van der Waals surface area contributed by atoms with Crippen molar-refractivity contribution < 1.29 is 17.9 Å². The van der Waals surface area contributed by atoms with Gasteiger partial charge in [0.1, 0.15) is 6.54 Å². The highest BCUT2D eigenvalue weighted by Gasteiger charge is 2.45. The van der Waals surface area contributed by atoms with E-state index in [1.807, 2.05) is 0 Å². The van der Waals surface area contributed by atoms with Gasteiger partial charge in [-0.2, -0.15) is 4.31 Å². The Bertz CT molecular complexity index is 996. The minimum atomic E-state index is -3.33. The van der Waals surface area contributed by atoms with Crippen LogP contribution in [0.1, 0.15) is 18.4 Å². The zero-order chi connectivity index (χ0) is 20.1. The number of aryl methyl sites for hydroxylation is 1. The van der Waals surface area contributed by atoms with Crippen LogP contribution in [0.15, 0.2) is 15.8 Å². The standard InChI is InChI=1S/C17H24N4O6S/c1-11-4-19(17(24)18-16(11)23)8-15(22)21-6-12-5-20(7-13(21)10-27-9-12)28(25,26)14-2-3-14/h4,12-14H,2-3,5-10H2,1H3,(H,18,23,24)/t12-,13-/m0/s1. The van der Waals surface area contributed by atoms with Crippen molar-refractivity contribution in [1.29, 1.82) is 0 Å². The first-order chi connectivity index (χ1) is 13.3. The number of aromatic nitrogens is 2. The topological polar surface area (TPSA) is 122 Å². The molecule has 4 rings (SSSR count). The normalized spacial score (nSPS) is 26.1. The number of nitrogens with zero attached hydrogens (tertiary/aromatic N) is 3. The number of sulfonamides is 1. The van der Waals surface area contributed by atoms with Crippen LogP contribution in [0.25, 0.3) is 0 Å². The Hall–Kier alpha value is -1.98. The number of carbonyl (C=O) groups is 1. The summed E-state index contributed by atoms with van der Waals surface area (Å²) in [4.78, 5) is 40.3. The first kappa shape index (κ1) is 19.3. The molecule has 0 unspecified atom stereocenters. The van der Waals surface area contributed by atoms with Crippen LogP contribution in [-0.4, -0.2) is 77.2 Å². The van der Waals surface area contributed by atoms with Gasteiger partial charge in [-0.25, -0.2) is 13.2 Å². The maximum Gasteiger partial charge on any atom is 0.328 e. The Morgan fingerprint density at radius 1 is 1.21 bits per heavy atom. The van der Waals surface area contributed by atoms with Crippen LogP contribution in [0.3, 0.4) is 0 Å². The second-order valence-corrected chi connectivity index (χ2v) is 10.1. The number of hydrogen-bond donors (Lipinski definition) is 1. The molecule has 3 fully saturated rings. The first-order valence-electron chi connectivity index (χ1n) is 9.42. The molecule has 1 aliphatic carbocycles. The fraction of sp³-hybridized carbons (Fsp3) is 0.706. The van der Waals surface area contributed by atoms with Gasteiger partial charge in [-0.15, -0.1) is 0 Å². The first-order valence-corrected chi connectivity index (χ1v) is 10.9. The molecular weight excluding hydrogens is 388 g/mol. The van der Waals surface area contributed by atoms with Crippen LogP contribution in [0.5, 0.6) is 0 Å². The van der Waals surface area contributed by atoms with Gasteiger partial charge in [0, 0.05) is 37.3 Å². The van der Waals surface area contributed by atoms with E-state index in [9.17, 15) is 22.8 Å². The summed E-state index contributed by atoms with van der Waals surface area (Å²) >= 11 is 0. The molecule has 2 saturated heterocycles. The molecule has 2 aliphatic heterocycles. The summed E-state index contributed by atoms with van der Waals surface area (Å²) < 4.78 is 33.8. The highest BCUT2D eigenvalue weighted by Crippen LogP contribution is 2.33. The van der Waals surface area contributed by atoms with E-state index in [0.717, 1.165) is 0 Å². The molecule has 1 amide bonds. The van der Waals surface area contributed by atoms with Gasteiger partial charge in [0.2, 0.25) is 15.9 Å². The lowest BCUT2D eigenvalue weighted by atomic mass is 10.1. The van der Waals surface area contributed by atoms with E-state index >= 15 is 0 Å². The number of hydrogen-bond acceptors (Lipinski definition) is 6. The van der Waals surface area contributed by atoms with Crippen molar-refractivity contribution in [3.05, 3.63) is 32.6 Å². The monoisotopic (exact) mass is 412 g/mol. The van der Waals surface area contributed by atoms with Gasteiger partial charge in [-0.05, 0) is 19.8 Å². The van der Waals surface area contributed by atoms with Crippen molar-refractivity contribution in [3.8, 4) is 0 Å². The molecule has 154 valence electrons. The third-order valence-electron chi connectivity index (χ3n) is 5.56. The minimum absolute atomic E-state index is 0.112. The molecule has 3 heterocycles. The second kappa shape index (κ2) is 7.12. The van der Waals surface area contributed by atoms with Crippen molar-refractivity contribution in [2.24, 2.45) is 5.92 Å². The van der Waals surface area contributed by atoms with E-state index < -0.39 is 27.3 Å². The summed E-state index contributed by atoms with van der Waals surface area (Å²) in [5, 5.41) is -0.293. The summed E-state index contributed by atoms with van der Waals surface area (Å²) in [6, 6.07) is -0.395. The Kier molecular flexibility index (Phi) is 4.92. The second-order valence-electron chi connectivity index (χ2n) is 7.86. The fourth-order valence-corrected chi connectivity index (χ4v) is 5.81. The molecule has 2 atom stereocenters. The van der Waals surface area contributed by atoms with Crippen LogP contribution >= 0.6 is 0 Å². The van der Waals surface area contributed by atoms with Gasteiger partial charge in [0.15, 0.2) is 0 Å². The Morgan fingerprint density at radius 3 is 2.68 bits per heavy atom. The number of rotatable bonds is 4. The molecule has 28 heavy (non-hydrogen) atoms. The van der Waals surface area contributed by atoms with E-state index in [-0.39, 0.29) is 36.8 Å². The predicted octanol–water partition coefficient (Wildman–Crippen LogP) is -1.50. The highest BCUT2D eigenvalue weighted by molar-refractivity contribution is 7.90. The average Bonchev–Trinajstić information content (AvgIpc) is 3.45. The number of H-pyrrole nitrogens is 1. The number of aromatic amines is 1. The number of amides is 1. The van der Waals surface area contributed by atoms with Crippen molar-refractivity contribution in [2.45, 2.75) is 37.6 Å². The van der Waals surface area contributed by atoms with Crippen LogP contribution in [0.2, 0.25) is 0 Å². The third kappa shape index (κ3) is 3.65. The molecule has 1 saturated carbocycles. The molecule has 1 N–H and O–H groups in total. The Balaban J connectivity index is 1.56. The summed E-state index contributed by atoms with van der Waals surface area (Å²) in [6.45, 7) is 2.95. The molecule has 3 aliphatic rings. The van der Waals surface area contributed by atoms with Crippen molar-refractivity contribution in [3.63, 3.8) is 0 Å². The molecule has 2 bridgehead atoms. The van der Waals surface area contributed by atoms with Gasteiger partial charge < -0.3 is 9.64 Å². The van der Waals surface area contributed by atoms with Crippen LogP contribution in [0, 0.1) is 12.8 Å². The van der Waals surface area contributed by atoms with Gasteiger partial charge in [-0.1, -0.05) is 0 Å². The number of nitrogens with one attached hydrogen (secondary N) is 1. The maximum absolute atomic E-state index is 13.0. The van der Waals surface area contributed by atoms with Crippen LogP contribution in [0.4, 0.5) is 0 Å². The van der Waals surface area contributed by atoms with E-state index in [1.54, 1.807) is 11.8 Å². The minimum Gasteiger partial charge on any atom is -0.379 e. The third-order valence-corrected chi connectivity index (χ3v) is 7.89. The maximum atomic E-state index is 13.0. The number of ether oxygens (including phenoxy) is 1. The highest BCUT2D eigenvalue weighted by atomic mass is 32.2. The molecule has 1 aromatic heterocycles. The van der Waals surface area contributed by atoms with E-state index in [4.69, 9.17) is 4.74 Å². The number of carbonyl (C=O) groups excluding carboxylic acids is 1. The smallest absolute Gasteiger partial charge is 0.328 e. The summed E-state index contributed by atoms with van der Waals surface area (Å²) in [6.07, 6.45) is 2.76. The fourth-order valence-electron chi connectivity index (χ4n) is 3.86. The van der Waals surface area contributed by atoms with Gasteiger partial charge in [0.05, 0.1) is 24.5 Å². The van der Waals surface area contributed by atoms with Crippen molar-refractivity contribution >= 4 is 15.9 Å². The van der Waals surface area contributed by atoms with Crippen LogP contribution < -0.4 is 11.2 Å². The molecular formula is C17H24N4O6S. The van der Waals surface area contributed by atoms with Crippen LogP contribution in [-0.2, 0) is 26.1 Å². The van der Waals surface area contributed by atoms with E-state index in [2.05, 4.69) is 4.98 Å². The van der Waals surface area contributed by atoms with E-state index in [0.29, 0.717) is 38.1 Å². The lowest BCUT2D eigenvalue weighted by Gasteiger charge is -2.31. The van der Waals surface area contributed by atoms with Gasteiger partial charge in [-0.3, -0.25) is 19.1 Å². The van der Waals surface area contributed by atoms with Crippen molar-refractivity contribution in [1.82, 2.24) is 18.8 Å². The molecule has 1 aromatic rings. The molecule has 10 nitrogen and oxygen atoms in total. The summed E-state index contributed by atoms with van der Waals surface area (Å²) in [7, 11) is -3.33. The lowest BCUT2D eigenvalue weighted by molar-refractivity contribution is -0.134. The summed E-state index contributed by atoms with van der Waals surface area (Å²) in [5.74, 6) is -0.404. The molecule has 11 heteroatoms. The zero-order valence-electron chi connectivity index (χ0n) is 15.7. The quantitative estimate of drug-likeness (QED) is 0.642. The molecule has 0 aromatic carbocycles.